The van der Waals surface area contributed by atoms with Crippen molar-refractivity contribution in [2.75, 3.05) is 18.2 Å². The molecule has 0 bridgehead atoms. The van der Waals surface area contributed by atoms with Crippen LogP contribution in [0.25, 0.3) is 11.1 Å². The van der Waals surface area contributed by atoms with Crippen LogP contribution in [0.2, 0.25) is 0 Å². The standard InChI is InChI=1S/C21H21FN2O2S/c1-14-17(7-5-11-27-14)21(25)24-20-8-4-3-6-18(20)15-9-10-16(13-23-26-2)19(22)12-15/h3-4,6,8-10,12-13H,5,7,11H2,1-2H3,(H,24,25)/b23-13+. The number of nitrogens with zero attached hydrogens (tertiary/aromatic N) is 1. The smallest absolute Gasteiger partial charge is 0.252 e. The SMILES string of the molecule is CO/N=C/c1ccc(-c2ccccc2NC(=O)C2=C(C)SCCC2)cc1F. The zero-order valence-corrected chi connectivity index (χ0v) is 16.1. The van der Waals surface area contributed by atoms with Gasteiger partial charge in [0.25, 0.3) is 5.91 Å². The number of carbonyl (C=O) groups is 1. The van der Waals surface area contributed by atoms with Gasteiger partial charge in [-0.05, 0) is 54.2 Å². The molecule has 3 rings (SSSR count). The van der Waals surface area contributed by atoms with Gasteiger partial charge in [-0.1, -0.05) is 29.4 Å². The van der Waals surface area contributed by atoms with Crippen LogP contribution in [0, 0.1) is 5.82 Å². The molecule has 1 amide bonds. The lowest BCUT2D eigenvalue weighted by molar-refractivity contribution is -0.113. The van der Waals surface area contributed by atoms with Crippen LogP contribution < -0.4 is 5.32 Å². The van der Waals surface area contributed by atoms with E-state index in [0.29, 0.717) is 16.8 Å². The number of carbonyl (C=O) groups excluding carboxylic acids is 1. The molecule has 1 aliphatic heterocycles. The van der Waals surface area contributed by atoms with E-state index in [4.69, 9.17) is 0 Å². The van der Waals surface area contributed by atoms with Gasteiger partial charge in [0.2, 0.25) is 0 Å². The largest absolute Gasteiger partial charge is 0.399 e. The summed E-state index contributed by atoms with van der Waals surface area (Å²) in [6.07, 6.45) is 3.11. The Bertz CT molecular complexity index is 909. The van der Waals surface area contributed by atoms with E-state index in [-0.39, 0.29) is 5.91 Å². The molecule has 1 N–H and O–H groups in total. The fourth-order valence-corrected chi connectivity index (χ4v) is 3.93. The first-order valence-corrected chi connectivity index (χ1v) is 9.68. The minimum absolute atomic E-state index is 0.0866. The van der Waals surface area contributed by atoms with Crippen molar-refractivity contribution in [1.82, 2.24) is 0 Å². The first-order valence-electron chi connectivity index (χ1n) is 8.69. The molecular formula is C21H21FN2O2S. The maximum Gasteiger partial charge on any atom is 0.252 e. The van der Waals surface area contributed by atoms with E-state index in [9.17, 15) is 9.18 Å². The van der Waals surface area contributed by atoms with E-state index < -0.39 is 5.82 Å². The predicted octanol–water partition coefficient (Wildman–Crippen LogP) is 5.21. The molecule has 0 fully saturated rings. The zero-order valence-electron chi connectivity index (χ0n) is 15.3. The number of thioether (sulfide) groups is 1. The molecule has 0 atom stereocenters. The number of hydrogen-bond acceptors (Lipinski definition) is 4. The molecule has 0 spiro atoms. The van der Waals surface area contributed by atoms with E-state index in [1.165, 1.54) is 19.4 Å². The monoisotopic (exact) mass is 384 g/mol. The number of nitrogens with one attached hydrogen (secondary N) is 1. The summed E-state index contributed by atoms with van der Waals surface area (Å²) >= 11 is 1.72. The molecule has 4 nitrogen and oxygen atoms in total. The number of hydrogen-bond donors (Lipinski definition) is 1. The van der Waals surface area contributed by atoms with Gasteiger partial charge in [-0.25, -0.2) is 4.39 Å². The fourth-order valence-electron chi connectivity index (χ4n) is 2.96. The Morgan fingerprint density at radius 3 is 2.85 bits per heavy atom. The highest BCUT2D eigenvalue weighted by atomic mass is 32.2. The van der Waals surface area contributed by atoms with Gasteiger partial charge in [0.1, 0.15) is 12.9 Å². The number of allylic oxidation sites excluding steroid dienone is 1. The molecule has 140 valence electrons. The van der Waals surface area contributed by atoms with Gasteiger partial charge in [0, 0.05) is 22.4 Å². The molecule has 0 unspecified atom stereocenters. The van der Waals surface area contributed by atoms with Crippen LogP contribution in [0.15, 0.2) is 58.1 Å². The Morgan fingerprint density at radius 1 is 1.30 bits per heavy atom. The number of halogens is 1. The van der Waals surface area contributed by atoms with Crippen LogP contribution in [-0.4, -0.2) is 25.0 Å². The van der Waals surface area contributed by atoms with E-state index in [1.54, 1.807) is 23.9 Å². The molecule has 0 radical (unpaired) electrons. The summed E-state index contributed by atoms with van der Waals surface area (Å²) in [5.74, 6) is 0.560. The minimum Gasteiger partial charge on any atom is -0.399 e. The van der Waals surface area contributed by atoms with E-state index >= 15 is 0 Å². The summed E-state index contributed by atoms with van der Waals surface area (Å²) < 4.78 is 14.4. The topological polar surface area (TPSA) is 50.7 Å². The lowest BCUT2D eigenvalue weighted by Crippen LogP contribution is -2.17. The maximum atomic E-state index is 14.4. The Hall–Kier alpha value is -2.60. The van der Waals surface area contributed by atoms with E-state index in [2.05, 4.69) is 15.3 Å². The molecule has 0 aromatic heterocycles. The van der Waals surface area contributed by atoms with Crippen LogP contribution >= 0.6 is 11.8 Å². The van der Waals surface area contributed by atoms with E-state index in [0.717, 1.165) is 34.6 Å². The number of para-hydroxylation sites is 1. The molecule has 2 aromatic rings. The van der Waals surface area contributed by atoms with Gasteiger partial charge in [-0.15, -0.1) is 11.8 Å². The second kappa shape index (κ2) is 8.86. The third-order valence-electron chi connectivity index (χ3n) is 4.37. The molecule has 0 aliphatic carbocycles. The first-order chi connectivity index (χ1) is 13.1. The Balaban J connectivity index is 1.89. The Morgan fingerprint density at radius 2 is 2.11 bits per heavy atom. The third kappa shape index (κ3) is 4.57. The third-order valence-corrected chi connectivity index (χ3v) is 5.54. The molecule has 2 aromatic carbocycles. The highest BCUT2D eigenvalue weighted by Crippen LogP contribution is 2.32. The molecular weight excluding hydrogens is 363 g/mol. The van der Waals surface area contributed by atoms with Crippen molar-refractivity contribution in [2.45, 2.75) is 19.8 Å². The summed E-state index contributed by atoms with van der Waals surface area (Å²) in [5, 5.41) is 6.59. The molecule has 1 aliphatic rings. The summed E-state index contributed by atoms with van der Waals surface area (Å²) in [6, 6.07) is 12.3. The van der Waals surface area contributed by atoms with Crippen molar-refractivity contribution in [2.24, 2.45) is 5.16 Å². The zero-order chi connectivity index (χ0) is 19.2. The molecule has 0 saturated heterocycles. The molecule has 6 heteroatoms. The van der Waals surface area contributed by atoms with Crippen LogP contribution in [0.5, 0.6) is 0 Å². The number of rotatable bonds is 5. The van der Waals surface area contributed by atoms with Crippen molar-refractivity contribution >= 4 is 29.6 Å². The maximum absolute atomic E-state index is 14.4. The van der Waals surface area contributed by atoms with Crippen molar-refractivity contribution < 1.29 is 14.0 Å². The summed E-state index contributed by atoms with van der Waals surface area (Å²) in [7, 11) is 1.41. The number of benzene rings is 2. The summed E-state index contributed by atoms with van der Waals surface area (Å²) in [4.78, 5) is 18.4. The lowest BCUT2D eigenvalue weighted by atomic mass is 10.0. The van der Waals surface area contributed by atoms with Crippen LogP contribution in [0.4, 0.5) is 10.1 Å². The van der Waals surface area contributed by atoms with Crippen LogP contribution in [0.3, 0.4) is 0 Å². The van der Waals surface area contributed by atoms with Crippen molar-refractivity contribution in [3.05, 3.63) is 64.3 Å². The predicted molar refractivity (Wildman–Crippen MR) is 109 cm³/mol. The van der Waals surface area contributed by atoms with Gasteiger partial charge in [-0.3, -0.25) is 4.79 Å². The van der Waals surface area contributed by atoms with Crippen molar-refractivity contribution in [3.63, 3.8) is 0 Å². The van der Waals surface area contributed by atoms with Gasteiger partial charge in [0.05, 0.1) is 6.21 Å². The van der Waals surface area contributed by atoms with E-state index in [1.807, 2.05) is 31.2 Å². The lowest BCUT2D eigenvalue weighted by Gasteiger charge is -2.18. The van der Waals surface area contributed by atoms with Crippen LogP contribution in [-0.2, 0) is 9.63 Å². The number of oxime groups is 1. The Labute approximate surface area is 162 Å². The van der Waals surface area contributed by atoms with Crippen molar-refractivity contribution in [3.8, 4) is 11.1 Å². The van der Waals surface area contributed by atoms with Gasteiger partial charge in [-0.2, -0.15) is 0 Å². The molecule has 0 saturated carbocycles. The van der Waals surface area contributed by atoms with Gasteiger partial charge < -0.3 is 10.2 Å². The second-order valence-corrected chi connectivity index (χ2v) is 7.45. The normalized spacial score (nSPS) is 14.5. The number of amides is 1. The molecule has 1 heterocycles. The van der Waals surface area contributed by atoms with Crippen molar-refractivity contribution in [1.29, 1.82) is 0 Å². The average Bonchev–Trinajstić information content (AvgIpc) is 2.68. The average molecular weight is 384 g/mol. The molecule has 27 heavy (non-hydrogen) atoms. The quantitative estimate of drug-likeness (QED) is 0.568. The first kappa shape index (κ1) is 19.2. The Kier molecular flexibility index (Phi) is 6.29. The number of anilines is 1. The second-order valence-electron chi connectivity index (χ2n) is 6.14. The highest BCUT2D eigenvalue weighted by molar-refractivity contribution is 8.03. The summed E-state index contributed by atoms with van der Waals surface area (Å²) in [5.41, 5.74) is 3.28. The highest BCUT2D eigenvalue weighted by Gasteiger charge is 2.18. The van der Waals surface area contributed by atoms with Gasteiger partial charge in [0.15, 0.2) is 0 Å². The minimum atomic E-state index is -0.406. The summed E-state index contributed by atoms with van der Waals surface area (Å²) in [6.45, 7) is 1.99. The fraction of sp³-hybridized carbons (Fsp3) is 0.238. The van der Waals surface area contributed by atoms with Crippen LogP contribution in [0.1, 0.15) is 25.3 Å². The van der Waals surface area contributed by atoms with Gasteiger partial charge >= 0.3 is 0 Å².